The van der Waals surface area contributed by atoms with Gasteiger partial charge in [0.1, 0.15) is 9.99 Å². The van der Waals surface area contributed by atoms with Gasteiger partial charge in [-0.05, 0) is 30.5 Å². The van der Waals surface area contributed by atoms with Gasteiger partial charge < -0.3 is 4.90 Å². The van der Waals surface area contributed by atoms with E-state index in [4.69, 9.17) is 0 Å². The zero-order chi connectivity index (χ0) is 21.7. The van der Waals surface area contributed by atoms with Crippen LogP contribution in [0.4, 0.5) is 0 Å². The van der Waals surface area contributed by atoms with Crippen LogP contribution < -0.4 is 0 Å². The van der Waals surface area contributed by atoms with E-state index in [0.717, 1.165) is 4.88 Å². The topological polar surface area (TPSA) is 91.8 Å². The van der Waals surface area contributed by atoms with Crippen LogP contribution in [0.3, 0.4) is 0 Å². The van der Waals surface area contributed by atoms with Crippen molar-refractivity contribution in [3.8, 4) is 0 Å². The van der Waals surface area contributed by atoms with Crippen molar-refractivity contribution in [2.75, 3.05) is 26.2 Å². The number of hydrogen-bond acceptors (Lipinski definition) is 7. The monoisotopic (exact) mass is 468 g/mol. The van der Waals surface area contributed by atoms with Crippen molar-refractivity contribution < 1.29 is 22.8 Å². The van der Waals surface area contributed by atoms with Gasteiger partial charge in [-0.15, -0.1) is 22.7 Å². The summed E-state index contributed by atoms with van der Waals surface area (Å²) >= 11 is 2.59. The molecule has 1 saturated heterocycles. The number of carbonyl (C=O) groups is 3. The van der Waals surface area contributed by atoms with E-state index in [9.17, 15) is 22.8 Å². The zero-order valence-corrected chi connectivity index (χ0v) is 19.2. The Morgan fingerprint density at radius 2 is 1.67 bits per heavy atom. The number of thiophene rings is 2. The Labute approximate surface area is 184 Å². The molecule has 0 radical (unpaired) electrons. The molecule has 0 bridgehead atoms. The molecule has 0 N–H and O–H groups in total. The lowest BCUT2D eigenvalue weighted by atomic mass is 10.1. The third-order valence-corrected chi connectivity index (χ3v) is 9.26. The van der Waals surface area contributed by atoms with Crippen LogP contribution in [0.25, 0.3) is 0 Å². The highest BCUT2D eigenvalue weighted by molar-refractivity contribution is 7.91. The Bertz CT molecular complexity index is 1000. The van der Waals surface area contributed by atoms with Gasteiger partial charge in [-0.3, -0.25) is 14.4 Å². The van der Waals surface area contributed by atoms with Gasteiger partial charge >= 0.3 is 0 Å². The quantitative estimate of drug-likeness (QED) is 0.528. The first-order chi connectivity index (χ1) is 14.3. The maximum absolute atomic E-state index is 12.5. The highest BCUT2D eigenvalue weighted by Crippen LogP contribution is 2.22. The van der Waals surface area contributed by atoms with Gasteiger partial charge in [0.05, 0.1) is 4.88 Å². The number of ketones is 2. The number of amides is 1. The second kappa shape index (κ2) is 9.95. The molecule has 0 aromatic carbocycles. The van der Waals surface area contributed by atoms with E-state index < -0.39 is 10.0 Å². The molecule has 1 amide bonds. The number of rotatable bonds is 9. The van der Waals surface area contributed by atoms with E-state index in [-0.39, 0.29) is 56.2 Å². The third kappa shape index (κ3) is 5.63. The van der Waals surface area contributed by atoms with Crippen molar-refractivity contribution in [1.82, 2.24) is 9.21 Å². The summed E-state index contributed by atoms with van der Waals surface area (Å²) in [5.41, 5.74) is 0. The lowest BCUT2D eigenvalue weighted by molar-refractivity contribution is -0.134. The predicted molar refractivity (Wildman–Crippen MR) is 117 cm³/mol. The molecule has 0 aliphatic carbocycles. The van der Waals surface area contributed by atoms with Crippen molar-refractivity contribution in [3.05, 3.63) is 39.4 Å². The van der Waals surface area contributed by atoms with Gasteiger partial charge in [0.25, 0.3) is 10.0 Å². The summed E-state index contributed by atoms with van der Waals surface area (Å²) in [6.45, 7) is 3.04. The van der Waals surface area contributed by atoms with Crippen molar-refractivity contribution in [2.24, 2.45) is 0 Å². The number of Topliss-reactive ketones (excluding diaryl/α,β-unsaturated/α-hetero) is 2. The van der Waals surface area contributed by atoms with E-state index in [1.165, 1.54) is 27.0 Å². The lowest BCUT2D eigenvalue weighted by Crippen LogP contribution is -2.50. The van der Waals surface area contributed by atoms with E-state index in [1.54, 1.807) is 28.5 Å². The minimum Gasteiger partial charge on any atom is -0.340 e. The van der Waals surface area contributed by atoms with Gasteiger partial charge in [0.2, 0.25) is 5.91 Å². The number of nitrogens with zero attached hydrogens (tertiary/aromatic N) is 2. The van der Waals surface area contributed by atoms with Crippen LogP contribution in [-0.4, -0.2) is 61.3 Å². The molecule has 3 heterocycles. The molecule has 2 aromatic heterocycles. The summed E-state index contributed by atoms with van der Waals surface area (Å²) in [6, 6.07) is 6.93. The average molecular weight is 469 g/mol. The molecule has 0 saturated carbocycles. The van der Waals surface area contributed by atoms with Crippen LogP contribution in [-0.2, 0) is 19.6 Å². The normalized spacial score (nSPS) is 15.3. The first-order valence-corrected chi connectivity index (χ1v) is 12.8. The fourth-order valence-electron chi connectivity index (χ4n) is 3.21. The Morgan fingerprint density at radius 3 is 2.27 bits per heavy atom. The van der Waals surface area contributed by atoms with Crippen molar-refractivity contribution in [1.29, 1.82) is 0 Å². The first-order valence-electron chi connectivity index (χ1n) is 9.70. The fraction of sp³-hybridized carbons (Fsp3) is 0.450. The van der Waals surface area contributed by atoms with Gasteiger partial charge in [0, 0.05) is 56.7 Å². The van der Waals surface area contributed by atoms with Crippen LogP contribution in [0.15, 0.2) is 33.9 Å². The molecule has 0 spiro atoms. The summed E-state index contributed by atoms with van der Waals surface area (Å²) in [7, 11) is -3.50. The van der Waals surface area contributed by atoms with Gasteiger partial charge in [-0.25, -0.2) is 8.42 Å². The summed E-state index contributed by atoms with van der Waals surface area (Å²) < 4.78 is 26.8. The SMILES string of the molecule is Cc1ccc(C(=O)CCC(=O)CCC(=O)N2CCN(S(=O)(=O)c3cccs3)CC2)s1. The highest BCUT2D eigenvalue weighted by atomic mass is 32.2. The molecular formula is C20H24N2O5S3. The number of aryl methyl sites for hydroxylation is 1. The molecule has 1 fully saturated rings. The van der Waals surface area contributed by atoms with Crippen LogP contribution in [0.2, 0.25) is 0 Å². The van der Waals surface area contributed by atoms with Crippen molar-refractivity contribution in [3.63, 3.8) is 0 Å². The number of sulfonamides is 1. The Balaban J connectivity index is 1.39. The standard InChI is InChI=1S/C20H24N2O5S3/c1-15-4-8-18(29-15)17(24)7-5-16(23)6-9-19(25)21-10-12-22(13-11-21)30(26,27)20-3-2-14-28-20/h2-4,8,14H,5-7,9-13H2,1H3. The summed E-state index contributed by atoms with van der Waals surface area (Å²) in [4.78, 5) is 39.9. The van der Waals surface area contributed by atoms with Gasteiger partial charge in [0.15, 0.2) is 5.78 Å². The molecule has 10 heteroatoms. The summed E-state index contributed by atoms with van der Waals surface area (Å²) in [5.74, 6) is -0.309. The summed E-state index contributed by atoms with van der Waals surface area (Å²) in [5, 5.41) is 1.72. The predicted octanol–water partition coefficient (Wildman–Crippen LogP) is 2.96. The maximum Gasteiger partial charge on any atom is 0.252 e. The van der Waals surface area contributed by atoms with Crippen LogP contribution >= 0.6 is 22.7 Å². The Hall–Kier alpha value is -1.88. The van der Waals surface area contributed by atoms with Crippen LogP contribution in [0.5, 0.6) is 0 Å². The molecule has 0 atom stereocenters. The van der Waals surface area contributed by atoms with Gasteiger partial charge in [-0.1, -0.05) is 6.07 Å². The molecule has 30 heavy (non-hydrogen) atoms. The minimum atomic E-state index is -3.50. The molecular weight excluding hydrogens is 444 g/mol. The molecule has 1 aliphatic rings. The van der Waals surface area contributed by atoms with E-state index in [1.807, 2.05) is 13.0 Å². The molecule has 0 unspecified atom stereocenters. The molecule has 7 nitrogen and oxygen atoms in total. The van der Waals surface area contributed by atoms with Crippen molar-refractivity contribution >= 4 is 50.2 Å². The largest absolute Gasteiger partial charge is 0.340 e. The number of hydrogen-bond donors (Lipinski definition) is 0. The Morgan fingerprint density at radius 1 is 0.967 bits per heavy atom. The smallest absolute Gasteiger partial charge is 0.252 e. The molecule has 1 aliphatic heterocycles. The van der Waals surface area contributed by atoms with Crippen molar-refractivity contribution in [2.45, 2.75) is 36.8 Å². The van der Waals surface area contributed by atoms with Crippen LogP contribution in [0, 0.1) is 6.92 Å². The highest BCUT2D eigenvalue weighted by Gasteiger charge is 2.30. The maximum atomic E-state index is 12.5. The van der Waals surface area contributed by atoms with E-state index in [2.05, 4.69) is 0 Å². The zero-order valence-electron chi connectivity index (χ0n) is 16.7. The second-order valence-electron chi connectivity index (χ2n) is 7.09. The second-order valence-corrected chi connectivity index (χ2v) is 11.5. The first kappa shape index (κ1) is 22.8. The molecule has 2 aromatic rings. The summed E-state index contributed by atoms with van der Waals surface area (Å²) in [6.07, 6.45) is 0.480. The third-order valence-electron chi connectivity index (χ3n) is 4.94. The van der Waals surface area contributed by atoms with E-state index in [0.29, 0.717) is 22.2 Å². The number of carbonyl (C=O) groups excluding carboxylic acids is 3. The van der Waals surface area contributed by atoms with Gasteiger partial charge in [-0.2, -0.15) is 4.31 Å². The number of piperazine rings is 1. The average Bonchev–Trinajstić information content (AvgIpc) is 3.42. The molecule has 162 valence electrons. The fourth-order valence-corrected chi connectivity index (χ4v) is 6.61. The molecule has 3 rings (SSSR count). The lowest BCUT2D eigenvalue weighted by Gasteiger charge is -2.33. The van der Waals surface area contributed by atoms with Crippen LogP contribution in [0.1, 0.15) is 40.2 Å². The Kier molecular flexibility index (Phi) is 7.56. The minimum absolute atomic E-state index is 0.0455. The van der Waals surface area contributed by atoms with E-state index >= 15 is 0 Å².